The Bertz CT molecular complexity index is 787. The number of hydrogen-bond donors (Lipinski definition) is 2. The van der Waals surface area contributed by atoms with E-state index in [-0.39, 0.29) is 23.6 Å². The van der Waals surface area contributed by atoms with Gasteiger partial charge in [-0.1, -0.05) is 46.0 Å². The third-order valence-corrected chi connectivity index (χ3v) is 9.25. The normalized spacial score (nSPS) is 12.5. The zero-order valence-corrected chi connectivity index (χ0v) is 17.3. The van der Waals surface area contributed by atoms with Gasteiger partial charge in [0.05, 0.1) is 11.3 Å². The largest absolute Gasteiger partial charge is 0.480 e. The fraction of sp³-hybridized carbons (Fsp3) is 0.474. The molecule has 146 valence electrons. The maximum Gasteiger partial charge on any atom is 0.327 e. The number of nitro groups is 1. The number of nitro benzene ring substituents is 1. The number of non-ortho nitro benzene ring substituents is 1. The lowest BCUT2D eigenvalue weighted by atomic mass is 10.1. The van der Waals surface area contributed by atoms with Crippen molar-refractivity contribution in [1.29, 1.82) is 0 Å². The van der Waals surface area contributed by atoms with Gasteiger partial charge in [0.2, 0.25) is 5.91 Å². The maximum absolute atomic E-state index is 12.1. The smallest absolute Gasteiger partial charge is 0.327 e. The quantitative estimate of drug-likeness (QED) is 0.336. The van der Waals surface area contributed by atoms with Gasteiger partial charge in [-0.3, -0.25) is 14.9 Å². The van der Waals surface area contributed by atoms with Crippen molar-refractivity contribution in [2.75, 3.05) is 0 Å². The number of amides is 1. The van der Waals surface area contributed by atoms with Crippen molar-refractivity contribution >= 4 is 25.6 Å². The van der Waals surface area contributed by atoms with Gasteiger partial charge in [-0.25, -0.2) is 4.79 Å². The second-order valence-corrected chi connectivity index (χ2v) is 12.9. The molecule has 1 aromatic rings. The SMILES string of the molecule is CC(C)(C)[Si](C)(C)C#CC[C@H](NC(=O)Cc1cccc([N+](=O)[O-])c1)C(=O)O. The molecule has 2 N–H and O–H groups in total. The summed E-state index contributed by atoms with van der Waals surface area (Å²) in [4.78, 5) is 33.8. The highest BCUT2D eigenvalue weighted by molar-refractivity contribution is 6.87. The van der Waals surface area contributed by atoms with Gasteiger partial charge in [0.1, 0.15) is 14.1 Å². The van der Waals surface area contributed by atoms with Gasteiger partial charge in [0, 0.05) is 18.6 Å². The third-order valence-electron chi connectivity index (χ3n) is 4.70. The number of nitrogens with zero attached hydrogens (tertiary/aromatic N) is 1. The average Bonchev–Trinajstić information content (AvgIpc) is 2.52. The minimum Gasteiger partial charge on any atom is -0.480 e. The van der Waals surface area contributed by atoms with Gasteiger partial charge < -0.3 is 10.4 Å². The molecule has 0 spiro atoms. The van der Waals surface area contributed by atoms with E-state index in [4.69, 9.17) is 0 Å². The Kier molecular flexibility index (Phi) is 7.31. The predicted octanol–water partition coefficient (Wildman–Crippen LogP) is 3.15. The van der Waals surface area contributed by atoms with Gasteiger partial charge in [0.15, 0.2) is 0 Å². The lowest BCUT2D eigenvalue weighted by Gasteiger charge is -2.31. The lowest BCUT2D eigenvalue weighted by molar-refractivity contribution is -0.384. The van der Waals surface area contributed by atoms with Crippen LogP contribution in [0.2, 0.25) is 18.1 Å². The Morgan fingerprint density at radius 2 is 1.96 bits per heavy atom. The van der Waals surface area contributed by atoms with Crippen LogP contribution in [0.5, 0.6) is 0 Å². The van der Waals surface area contributed by atoms with E-state index < -0.39 is 30.9 Å². The molecule has 0 fully saturated rings. The maximum atomic E-state index is 12.1. The standard InChI is InChI=1S/C19H26N2O5Si/c1-19(2,3)27(4,5)11-7-10-16(18(23)24)20-17(22)13-14-8-6-9-15(12-14)21(25)26/h6,8-9,12,16H,10,13H2,1-5H3,(H,20,22)(H,23,24)/t16-/m0/s1. The van der Waals surface area contributed by atoms with E-state index in [1.807, 2.05) is 0 Å². The van der Waals surface area contributed by atoms with Crippen LogP contribution >= 0.6 is 0 Å². The molecule has 0 aliphatic carbocycles. The summed E-state index contributed by atoms with van der Waals surface area (Å²) < 4.78 is 0. The van der Waals surface area contributed by atoms with Crippen LogP contribution in [0.3, 0.4) is 0 Å². The summed E-state index contributed by atoms with van der Waals surface area (Å²) in [5.41, 5.74) is 3.55. The van der Waals surface area contributed by atoms with Gasteiger partial charge in [-0.05, 0) is 10.6 Å². The first kappa shape index (κ1) is 22.4. The molecule has 27 heavy (non-hydrogen) atoms. The highest BCUT2D eigenvalue weighted by Crippen LogP contribution is 2.35. The minimum atomic E-state index is -1.86. The number of rotatable bonds is 6. The summed E-state index contributed by atoms with van der Waals surface area (Å²) in [5, 5.41) is 22.6. The van der Waals surface area contributed by atoms with Crippen molar-refractivity contribution in [1.82, 2.24) is 5.32 Å². The Labute approximate surface area is 160 Å². The van der Waals surface area contributed by atoms with Crippen LogP contribution in [-0.4, -0.2) is 36.0 Å². The van der Waals surface area contributed by atoms with Crippen molar-refractivity contribution < 1.29 is 19.6 Å². The summed E-state index contributed by atoms with van der Waals surface area (Å²) in [7, 11) is -1.86. The van der Waals surface area contributed by atoms with E-state index in [1.165, 1.54) is 18.2 Å². The second kappa shape index (κ2) is 8.82. The number of hydrogen-bond acceptors (Lipinski definition) is 4. The van der Waals surface area contributed by atoms with Crippen LogP contribution in [0.15, 0.2) is 24.3 Å². The molecular weight excluding hydrogens is 364 g/mol. The van der Waals surface area contributed by atoms with Crippen molar-refractivity contribution in [3.63, 3.8) is 0 Å². The van der Waals surface area contributed by atoms with E-state index in [0.29, 0.717) is 5.56 Å². The molecule has 1 rings (SSSR count). The van der Waals surface area contributed by atoms with Crippen LogP contribution in [0.1, 0.15) is 32.8 Å². The second-order valence-electron chi connectivity index (χ2n) is 7.94. The fourth-order valence-electron chi connectivity index (χ4n) is 1.97. The first-order chi connectivity index (χ1) is 12.3. The molecule has 1 atom stereocenters. The molecule has 0 heterocycles. The molecular formula is C19H26N2O5Si. The van der Waals surface area contributed by atoms with E-state index in [9.17, 15) is 24.8 Å². The molecule has 7 nitrogen and oxygen atoms in total. The van der Waals surface area contributed by atoms with Crippen LogP contribution in [0.25, 0.3) is 0 Å². The summed E-state index contributed by atoms with van der Waals surface area (Å²) >= 11 is 0. The Balaban J connectivity index is 2.78. The third kappa shape index (κ3) is 6.87. The summed E-state index contributed by atoms with van der Waals surface area (Å²) in [5.74, 6) is 1.26. The number of aliphatic carboxylic acids is 1. The highest BCUT2D eigenvalue weighted by atomic mass is 28.3. The Hall–Kier alpha value is -2.66. The molecule has 0 saturated carbocycles. The van der Waals surface area contributed by atoms with Gasteiger partial charge in [0.25, 0.3) is 5.69 Å². The molecule has 0 bridgehead atoms. The van der Waals surface area contributed by atoms with Crippen LogP contribution < -0.4 is 5.32 Å². The Morgan fingerprint density at radius 1 is 1.33 bits per heavy atom. The zero-order chi connectivity index (χ0) is 20.8. The number of benzene rings is 1. The lowest BCUT2D eigenvalue weighted by Crippen LogP contribution is -2.41. The predicted molar refractivity (Wildman–Crippen MR) is 106 cm³/mol. The number of carboxylic acids is 1. The van der Waals surface area contributed by atoms with Crippen LogP contribution in [0.4, 0.5) is 5.69 Å². The van der Waals surface area contributed by atoms with E-state index in [1.54, 1.807) is 6.07 Å². The topological polar surface area (TPSA) is 110 Å². The minimum absolute atomic E-state index is 0.0164. The van der Waals surface area contributed by atoms with Crippen molar-refractivity contribution in [2.24, 2.45) is 0 Å². The van der Waals surface area contributed by atoms with E-state index in [0.717, 1.165) is 0 Å². The summed E-state index contributed by atoms with van der Waals surface area (Å²) in [6.45, 7) is 10.6. The molecule has 8 heteroatoms. The van der Waals surface area contributed by atoms with Crippen molar-refractivity contribution in [3.8, 4) is 11.5 Å². The molecule has 0 aliphatic heterocycles. The molecule has 1 amide bonds. The van der Waals surface area contributed by atoms with Crippen LogP contribution in [-0.2, 0) is 16.0 Å². The number of carboxylic acid groups (broad SMARTS) is 1. The molecule has 1 aromatic carbocycles. The highest BCUT2D eigenvalue weighted by Gasteiger charge is 2.33. The summed E-state index contributed by atoms with van der Waals surface area (Å²) in [6, 6.07) is 4.58. The Morgan fingerprint density at radius 3 is 2.48 bits per heavy atom. The molecule has 0 aromatic heterocycles. The van der Waals surface area contributed by atoms with Crippen molar-refractivity contribution in [2.45, 2.75) is 57.8 Å². The molecule has 0 unspecified atom stereocenters. The summed E-state index contributed by atoms with van der Waals surface area (Å²) in [6.07, 6.45) is -0.121. The first-order valence-electron chi connectivity index (χ1n) is 8.59. The fourth-order valence-corrected chi connectivity index (χ4v) is 2.89. The van der Waals surface area contributed by atoms with Crippen molar-refractivity contribution in [3.05, 3.63) is 39.9 Å². The zero-order valence-electron chi connectivity index (χ0n) is 16.3. The monoisotopic (exact) mass is 390 g/mol. The first-order valence-corrected chi connectivity index (χ1v) is 11.6. The number of carbonyl (C=O) groups is 2. The molecule has 0 radical (unpaired) electrons. The molecule has 0 saturated heterocycles. The molecule has 0 aliphatic rings. The average molecular weight is 391 g/mol. The van der Waals surface area contributed by atoms with Gasteiger partial charge in [-0.2, -0.15) is 0 Å². The van der Waals surface area contributed by atoms with Crippen LogP contribution in [0, 0.1) is 21.6 Å². The van der Waals surface area contributed by atoms with Gasteiger partial charge in [-0.15, -0.1) is 11.5 Å². The van der Waals surface area contributed by atoms with Gasteiger partial charge >= 0.3 is 5.97 Å². The number of carbonyl (C=O) groups excluding carboxylic acids is 1. The van der Waals surface area contributed by atoms with E-state index in [2.05, 4.69) is 50.6 Å². The number of nitrogens with one attached hydrogen (secondary N) is 1. The van der Waals surface area contributed by atoms with E-state index >= 15 is 0 Å².